The fourth-order valence-electron chi connectivity index (χ4n) is 5.44. The van der Waals surface area contributed by atoms with Gasteiger partial charge in [-0.3, -0.25) is 9.59 Å². The molecule has 36 heavy (non-hydrogen) atoms. The van der Waals surface area contributed by atoms with E-state index in [0.717, 1.165) is 24.6 Å². The number of benzene rings is 1. The van der Waals surface area contributed by atoms with Crippen LogP contribution >= 0.6 is 0 Å². The summed E-state index contributed by atoms with van der Waals surface area (Å²) in [6, 6.07) is 1.87. The van der Waals surface area contributed by atoms with E-state index >= 15 is 0 Å². The van der Waals surface area contributed by atoms with Crippen LogP contribution in [0.3, 0.4) is 0 Å². The number of amides is 2. The largest absolute Gasteiger partial charge is 0.391 e. The van der Waals surface area contributed by atoms with Gasteiger partial charge in [0.15, 0.2) is 0 Å². The molecular formula is C26H33F2N5O3. The molecule has 8 nitrogen and oxygen atoms in total. The number of likely N-dealkylation sites (tertiary alicyclic amines) is 1. The lowest BCUT2D eigenvalue weighted by atomic mass is 9.75. The number of hydrogen-bond acceptors (Lipinski definition) is 5. The van der Waals surface area contributed by atoms with Gasteiger partial charge in [-0.15, -0.1) is 5.10 Å². The van der Waals surface area contributed by atoms with Gasteiger partial charge in [0.2, 0.25) is 11.8 Å². The van der Waals surface area contributed by atoms with Gasteiger partial charge in [-0.1, -0.05) is 26.0 Å². The summed E-state index contributed by atoms with van der Waals surface area (Å²) in [6.45, 7) is 5.90. The monoisotopic (exact) mass is 501 g/mol. The van der Waals surface area contributed by atoms with E-state index in [1.54, 1.807) is 4.68 Å². The van der Waals surface area contributed by atoms with E-state index in [4.69, 9.17) is 0 Å². The molecule has 2 N–H and O–H groups in total. The maximum atomic E-state index is 13.8. The summed E-state index contributed by atoms with van der Waals surface area (Å²) in [5.74, 6) is -1.46. The highest BCUT2D eigenvalue weighted by Crippen LogP contribution is 2.41. The van der Waals surface area contributed by atoms with Crippen LogP contribution in [-0.2, 0) is 9.59 Å². The highest BCUT2D eigenvalue weighted by Gasteiger charge is 2.46. The van der Waals surface area contributed by atoms with Crippen LogP contribution < -0.4 is 5.32 Å². The van der Waals surface area contributed by atoms with Gasteiger partial charge in [0.1, 0.15) is 23.7 Å². The third-order valence-electron chi connectivity index (χ3n) is 7.55. The molecule has 2 aliphatic carbocycles. The van der Waals surface area contributed by atoms with E-state index in [-0.39, 0.29) is 36.7 Å². The molecule has 3 aliphatic rings. The molecule has 1 aromatic heterocycles. The molecule has 10 heteroatoms. The highest BCUT2D eigenvalue weighted by molar-refractivity contribution is 5.90. The van der Waals surface area contributed by atoms with Crippen LogP contribution in [0.15, 0.2) is 24.4 Å². The average molecular weight is 502 g/mol. The Kier molecular flexibility index (Phi) is 6.34. The molecule has 5 rings (SSSR count). The lowest BCUT2D eigenvalue weighted by molar-refractivity contribution is -0.144. The van der Waals surface area contributed by atoms with Crippen molar-refractivity contribution < 1.29 is 23.5 Å². The van der Waals surface area contributed by atoms with Gasteiger partial charge in [0.05, 0.1) is 11.8 Å². The molecule has 0 bridgehead atoms. The van der Waals surface area contributed by atoms with Gasteiger partial charge in [0.25, 0.3) is 0 Å². The average Bonchev–Trinajstić information content (AvgIpc) is 3.36. The number of carbonyl (C=O) groups is 2. The van der Waals surface area contributed by atoms with Crippen LogP contribution in [0.2, 0.25) is 0 Å². The number of rotatable bonds is 6. The maximum Gasteiger partial charge on any atom is 0.248 e. The fourth-order valence-corrected chi connectivity index (χ4v) is 5.44. The number of halogens is 2. The molecule has 3 fully saturated rings. The molecule has 1 aliphatic heterocycles. The molecule has 2 saturated carbocycles. The van der Waals surface area contributed by atoms with Crippen LogP contribution in [0, 0.1) is 17.0 Å². The quantitative estimate of drug-likeness (QED) is 0.634. The zero-order valence-corrected chi connectivity index (χ0v) is 20.8. The van der Waals surface area contributed by atoms with Crippen molar-refractivity contribution in [2.45, 2.75) is 88.9 Å². The maximum absolute atomic E-state index is 13.8. The summed E-state index contributed by atoms with van der Waals surface area (Å²) < 4.78 is 28.7. The predicted molar refractivity (Wildman–Crippen MR) is 127 cm³/mol. The van der Waals surface area contributed by atoms with Crippen molar-refractivity contribution >= 4 is 11.8 Å². The van der Waals surface area contributed by atoms with E-state index in [9.17, 15) is 23.5 Å². The minimum atomic E-state index is -0.799. The van der Waals surface area contributed by atoms with Crippen LogP contribution in [0.1, 0.15) is 82.0 Å². The molecule has 2 aromatic rings. The van der Waals surface area contributed by atoms with Gasteiger partial charge in [-0.25, -0.2) is 13.5 Å². The van der Waals surface area contributed by atoms with E-state index in [2.05, 4.69) is 15.6 Å². The Morgan fingerprint density at radius 2 is 1.75 bits per heavy atom. The Balaban J connectivity index is 1.26. The minimum Gasteiger partial charge on any atom is -0.391 e. The first-order valence-electron chi connectivity index (χ1n) is 12.7. The Bertz CT molecular complexity index is 1130. The molecule has 0 unspecified atom stereocenters. The van der Waals surface area contributed by atoms with Crippen molar-refractivity contribution in [3.05, 3.63) is 47.3 Å². The second-order valence-corrected chi connectivity index (χ2v) is 11.6. The standard InChI is InChI=1S/C26H33F2N5O3/c1-26(2,3)23(33-13-21(30-31-33)14-4-5-14)25(36)32-12-20(34)11-22(32)24(35)29-19-8-16(9-19)15-6-17(27)10-18(28)7-15/h6-7,10,13-14,16,19-20,22-23,34H,4-5,8-9,11-12H2,1-3H3,(H,29,35)/t16?,19?,20-,22+,23-/m1/s1. The minimum absolute atomic E-state index is 0.0364. The number of carbonyl (C=O) groups excluding carboxylic acids is 2. The topological polar surface area (TPSA) is 100 Å². The van der Waals surface area contributed by atoms with E-state index in [1.165, 1.54) is 17.0 Å². The van der Waals surface area contributed by atoms with Crippen molar-refractivity contribution in [1.29, 1.82) is 0 Å². The molecule has 1 saturated heterocycles. The van der Waals surface area contributed by atoms with Crippen molar-refractivity contribution in [3.63, 3.8) is 0 Å². The first kappa shape index (κ1) is 24.8. The Hall–Kier alpha value is -2.88. The highest BCUT2D eigenvalue weighted by atomic mass is 19.1. The normalized spacial score (nSPS) is 27.0. The molecule has 194 valence electrons. The molecule has 0 radical (unpaired) electrons. The summed E-state index contributed by atoms with van der Waals surface area (Å²) >= 11 is 0. The number of nitrogens with one attached hydrogen (secondary N) is 1. The summed E-state index contributed by atoms with van der Waals surface area (Å²) in [7, 11) is 0. The van der Waals surface area contributed by atoms with Crippen LogP contribution in [-0.4, -0.2) is 61.5 Å². The van der Waals surface area contributed by atoms with Gasteiger partial charge >= 0.3 is 0 Å². The smallest absolute Gasteiger partial charge is 0.248 e. The zero-order chi connectivity index (χ0) is 25.8. The molecule has 2 heterocycles. The second-order valence-electron chi connectivity index (χ2n) is 11.6. The van der Waals surface area contributed by atoms with E-state index < -0.39 is 35.2 Å². The van der Waals surface area contributed by atoms with Crippen molar-refractivity contribution in [2.24, 2.45) is 5.41 Å². The Labute approximate surface area is 209 Å². The molecule has 1 aromatic carbocycles. The lowest BCUT2D eigenvalue weighted by Crippen LogP contribution is -2.53. The second kappa shape index (κ2) is 9.21. The van der Waals surface area contributed by atoms with Crippen LogP contribution in [0.5, 0.6) is 0 Å². The first-order chi connectivity index (χ1) is 17.0. The predicted octanol–water partition coefficient (Wildman–Crippen LogP) is 3.05. The summed E-state index contributed by atoms with van der Waals surface area (Å²) in [6.07, 6.45) is 4.46. The van der Waals surface area contributed by atoms with Gasteiger partial charge in [-0.2, -0.15) is 0 Å². The van der Waals surface area contributed by atoms with Crippen molar-refractivity contribution in [3.8, 4) is 0 Å². The molecule has 3 atom stereocenters. The fraction of sp³-hybridized carbons (Fsp3) is 0.615. The van der Waals surface area contributed by atoms with Crippen molar-refractivity contribution in [2.75, 3.05) is 6.54 Å². The SMILES string of the molecule is CC(C)(C)[C@@H](C(=O)N1C[C@H](O)C[C@H]1C(=O)NC1CC(c2cc(F)cc(F)c2)C1)n1cc(C2CC2)nn1. The molecule has 2 amide bonds. The summed E-state index contributed by atoms with van der Waals surface area (Å²) in [5.41, 5.74) is 0.963. The van der Waals surface area contributed by atoms with Crippen LogP contribution in [0.25, 0.3) is 0 Å². The number of hydrogen-bond donors (Lipinski definition) is 2. The molecular weight excluding hydrogens is 468 g/mol. The van der Waals surface area contributed by atoms with Gasteiger partial charge < -0.3 is 15.3 Å². The van der Waals surface area contributed by atoms with E-state index in [1.807, 2.05) is 27.0 Å². The summed E-state index contributed by atoms with van der Waals surface area (Å²) in [5, 5.41) is 21.9. The van der Waals surface area contributed by atoms with Gasteiger partial charge in [-0.05, 0) is 54.7 Å². The third kappa shape index (κ3) is 5.00. The van der Waals surface area contributed by atoms with Crippen molar-refractivity contribution in [1.82, 2.24) is 25.2 Å². The van der Waals surface area contributed by atoms with Gasteiger partial charge in [0, 0.05) is 37.2 Å². The Morgan fingerprint density at radius 1 is 1.08 bits per heavy atom. The number of nitrogens with zero attached hydrogens (tertiary/aromatic N) is 4. The third-order valence-corrected chi connectivity index (χ3v) is 7.55. The number of β-amino-alcohol motifs (C(OH)–C–C–N with tert-alkyl or cyclic N) is 1. The molecule has 0 spiro atoms. The summed E-state index contributed by atoms with van der Waals surface area (Å²) in [4.78, 5) is 28.5. The lowest BCUT2D eigenvalue weighted by Gasteiger charge is -2.38. The Morgan fingerprint density at radius 3 is 2.36 bits per heavy atom. The van der Waals surface area contributed by atoms with Crippen LogP contribution in [0.4, 0.5) is 8.78 Å². The number of aliphatic hydroxyl groups excluding tert-OH is 1. The zero-order valence-electron chi connectivity index (χ0n) is 20.8. The van der Waals surface area contributed by atoms with E-state index in [0.29, 0.717) is 24.3 Å². The number of aliphatic hydroxyl groups is 1. The first-order valence-corrected chi connectivity index (χ1v) is 12.7. The number of aromatic nitrogens is 3.